The number of rotatable bonds is 4. The first-order valence-corrected chi connectivity index (χ1v) is 11.0. The van der Waals surface area contributed by atoms with Gasteiger partial charge in [0.25, 0.3) is 0 Å². The molecule has 2 aliphatic heterocycles. The van der Waals surface area contributed by atoms with Gasteiger partial charge in [-0.1, -0.05) is 17.7 Å². The molecule has 1 fully saturated rings. The third-order valence-corrected chi connectivity index (χ3v) is 6.18. The smallest absolute Gasteiger partial charge is 0.322 e. The number of fused-ring (bicyclic) bond motifs is 1. The largest absolute Gasteiger partial charge is 0.380 e. The van der Waals surface area contributed by atoms with Crippen molar-refractivity contribution in [1.82, 2.24) is 10.2 Å². The highest BCUT2D eigenvalue weighted by molar-refractivity contribution is 6.30. The van der Waals surface area contributed by atoms with Gasteiger partial charge in [-0.05, 0) is 67.4 Å². The molecule has 4 rings (SSSR count). The van der Waals surface area contributed by atoms with Crippen molar-refractivity contribution in [3.05, 3.63) is 58.4 Å². The van der Waals surface area contributed by atoms with E-state index in [1.165, 1.54) is 28.2 Å². The standard InChI is InChI=1S/C23H26ClFN4O3/c1-32-18-12-21(29(13-18)23(31)28-20-5-3-16(24)11-19(20)25)22(30)27-17-4-2-14-6-8-26-9-7-15(14)10-17/h2-5,10-11,18,21,26H,6-9,12-13H2,1H3,(H,27,30)(H,28,31). The number of nitrogens with zero attached hydrogens (tertiary/aromatic N) is 1. The zero-order valence-corrected chi connectivity index (χ0v) is 18.5. The second kappa shape index (κ2) is 9.85. The van der Waals surface area contributed by atoms with Crippen LogP contribution in [-0.2, 0) is 22.4 Å². The zero-order chi connectivity index (χ0) is 22.7. The highest BCUT2D eigenvalue weighted by atomic mass is 35.5. The Morgan fingerprint density at radius 2 is 1.91 bits per heavy atom. The fourth-order valence-electron chi connectivity index (χ4n) is 4.20. The molecule has 2 aromatic rings. The summed E-state index contributed by atoms with van der Waals surface area (Å²) in [5.41, 5.74) is 3.18. The first kappa shape index (κ1) is 22.5. The van der Waals surface area contributed by atoms with Gasteiger partial charge in [0, 0.05) is 30.8 Å². The number of methoxy groups -OCH3 is 1. The molecule has 32 heavy (non-hydrogen) atoms. The molecule has 170 valence electrons. The number of likely N-dealkylation sites (tertiary alicyclic amines) is 1. The minimum absolute atomic E-state index is 0.00112. The van der Waals surface area contributed by atoms with Gasteiger partial charge in [0.1, 0.15) is 11.9 Å². The molecule has 2 heterocycles. The van der Waals surface area contributed by atoms with Gasteiger partial charge in [-0.25, -0.2) is 9.18 Å². The van der Waals surface area contributed by atoms with Crippen LogP contribution < -0.4 is 16.0 Å². The van der Waals surface area contributed by atoms with E-state index in [2.05, 4.69) is 16.0 Å². The van der Waals surface area contributed by atoms with E-state index in [-0.39, 0.29) is 29.3 Å². The van der Waals surface area contributed by atoms with Crippen LogP contribution in [0.1, 0.15) is 17.5 Å². The SMILES string of the molecule is COC1CC(C(=O)Nc2ccc3c(c2)CCNCC3)N(C(=O)Nc2ccc(Cl)cc2F)C1. The van der Waals surface area contributed by atoms with Crippen LogP contribution in [0.3, 0.4) is 0 Å². The van der Waals surface area contributed by atoms with Gasteiger partial charge in [0.15, 0.2) is 0 Å². The maximum Gasteiger partial charge on any atom is 0.322 e. The first-order valence-electron chi connectivity index (χ1n) is 10.6. The molecule has 0 spiro atoms. The summed E-state index contributed by atoms with van der Waals surface area (Å²) in [5.74, 6) is -0.947. The van der Waals surface area contributed by atoms with Crippen LogP contribution in [-0.4, -0.2) is 55.7 Å². The lowest BCUT2D eigenvalue weighted by atomic mass is 10.0. The lowest BCUT2D eigenvalue weighted by Crippen LogP contribution is -2.45. The molecule has 3 amide bonds. The van der Waals surface area contributed by atoms with Crippen molar-refractivity contribution < 1.29 is 18.7 Å². The van der Waals surface area contributed by atoms with Gasteiger partial charge >= 0.3 is 6.03 Å². The zero-order valence-electron chi connectivity index (χ0n) is 17.8. The summed E-state index contributed by atoms with van der Waals surface area (Å²) < 4.78 is 19.5. The number of amides is 3. The maximum atomic E-state index is 14.1. The predicted octanol–water partition coefficient (Wildman–Crippen LogP) is 3.43. The molecule has 2 aliphatic rings. The fraction of sp³-hybridized carbons (Fsp3) is 0.391. The molecular formula is C23H26ClFN4O3. The number of ether oxygens (including phenoxy) is 1. The van der Waals surface area contributed by atoms with Crippen molar-refractivity contribution >= 4 is 34.9 Å². The molecule has 0 aromatic heterocycles. The molecule has 0 saturated carbocycles. The molecule has 1 saturated heterocycles. The topological polar surface area (TPSA) is 82.7 Å². The summed E-state index contributed by atoms with van der Waals surface area (Å²) in [6.07, 6.45) is 1.92. The van der Waals surface area contributed by atoms with Gasteiger partial charge in [0.05, 0.1) is 11.8 Å². The predicted molar refractivity (Wildman–Crippen MR) is 122 cm³/mol. The number of benzene rings is 2. The lowest BCUT2D eigenvalue weighted by Gasteiger charge is -2.24. The highest BCUT2D eigenvalue weighted by Gasteiger charge is 2.40. The lowest BCUT2D eigenvalue weighted by molar-refractivity contribution is -0.119. The van der Waals surface area contributed by atoms with Crippen LogP contribution in [0.15, 0.2) is 36.4 Å². The van der Waals surface area contributed by atoms with Crippen molar-refractivity contribution in [2.75, 3.05) is 37.4 Å². The molecule has 3 N–H and O–H groups in total. The molecule has 2 atom stereocenters. The molecular weight excluding hydrogens is 435 g/mol. The molecule has 0 aliphatic carbocycles. The number of carbonyl (C=O) groups is 2. The monoisotopic (exact) mass is 460 g/mol. The van der Waals surface area contributed by atoms with Crippen LogP contribution in [0.5, 0.6) is 0 Å². The first-order chi connectivity index (χ1) is 15.4. The average Bonchev–Trinajstić information content (AvgIpc) is 3.08. The molecule has 2 aromatic carbocycles. The Kier molecular flexibility index (Phi) is 6.93. The second-order valence-corrected chi connectivity index (χ2v) is 8.48. The molecule has 9 heteroatoms. The number of hydrogen-bond donors (Lipinski definition) is 3. The van der Waals surface area contributed by atoms with Gasteiger partial charge in [-0.15, -0.1) is 0 Å². The Labute approximate surface area is 191 Å². The van der Waals surface area contributed by atoms with E-state index in [4.69, 9.17) is 16.3 Å². The molecule has 7 nitrogen and oxygen atoms in total. The van der Waals surface area contributed by atoms with Gasteiger partial charge in [0.2, 0.25) is 5.91 Å². The molecule has 2 unspecified atom stereocenters. The van der Waals surface area contributed by atoms with Crippen molar-refractivity contribution in [2.24, 2.45) is 0 Å². The van der Waals surface area contributed by atoms with E-state index in [0.717, 1.165) is 32.0 Å². The fourth-order valence-corrected chi connectivity index (χ4v) is 4.35. The van der Waals surface area contributed by atoms with Crippen molar-refractivity contribution in [3.63, 3.8) is 0 Å². The Hall–Kier alpha value is -2.68. The number of halogens is 2. The number of nitrogens with one attached hydrogen (secondary N) is 3. The van der Waals surface area contributed by atoms with E-state index in [0.29, 0.717) is 12.1 Å². The Bertz CT molecular complexity index is 1020. The van der Waals surface area contributed by atoms with E-state index in [9.17, 15) is 14.0 Å². The van der Waals surface area contributed by atoms with Gasteiger partial charge < -0.3 is 25.6 Å². The minimum atomic E-state index is -0.740. The normalized spacial score (nSPS) is 20.4. The van der Waals surface area contributed by atoms with Crippen molar-refractivity contribution in [2.45, 2.75) is 31.4 Å². The van der Waals surface area contributed by atoms with Crippen molar-refractivity contribution in [3.8, 4) is 0 Å². The van der Waals surface area contributed by atoms with E-state index in [1.54, 1.807) is 7.11 Å². The number of urea groups is 1. The average molecular weight is 461 g/mol. The van der Waals surface area contributed by atoms with Crippen LogP contribution in [0.2, 0.25) is 5.02 Å². The third kappa shape index (κ3) is 5.03. The summed E-state index contributed by atoms with van der Waals surface area (Å²) in [4.78, 5) is 27.4. The highest BCUT2D eigenvalue weighted by Crippen LogP contribution is 2.25. The minimum Gasteiger partial charge on any atom is -0.380 e. The summed E-state index contributed by atoms with van der Waals surface area (Å²) in [6.45, 7) is 2.07. The van der Waals surface area contributed by atoms with E-state index >= 15 is 0 Å². The third-order valence-electron chi connectivity index (χ3n) is 5.95. The summed E-state index contributed by atoms with van der Waals surface area (Å²) in [7, 11) is 1.54. The molecule has 0 bridgehead atoms. The Balaban J connectivity index is 1.48. The van der Waals surface area contributed by atoms with Crippen LogP contribution in [0.25, 0.3) is 0 Å². The summed E-state index contributed by atoms with van der Waals surface area (Å²) >= 11 is 5.78. The van der Waals surface area contributed by atoms with Gasteiger partial charge in [-0.2, -0.15) is 0 Å². The molecule has 0 radical (unpaired) electrons. The maximum absolute atomic E-state index is 14.1. The summed E-state index contributed by atoms with van der Waals surface area (Å²) in [6, 6.07) is 8.61. The Morgan fingerprint density at radius 3 is 2.66 bits per heavy atom. The second-order valence-electron chi connectivity index (χ2n) is 8.04. The van der Waals surface area contributed by atoms with Crippen LogP contribution in [0, 0.1) is 5.82 Å². The van der Waals surface area contributed by atoms with E-state index in [1.807, 2.05) is 18.2 Å². The number of anilines is 2. The number of hydrogen-bond acceptors (Lipinski definition) is 4. The van der Waals surface area contributed by atoms with Crippen LogP contribution in [0.4, 0.5) is 20.6 Å². The number of carbonyl (C=O) groups excluding carboxylic acids is 2. The summed E-state index contributed by atoms with van der Waals surface area (Å²) in [5, 5.41) is 9.07. The van der Waals surface area contributed by atoms with Crippen LogP contribution >= 0.6 is 11.6 Å². The van der Waals surface area contributed by atoms with E-state index < -0.39 is 17.9 Å². The van der Waals surface area contributed by atoms with Crippen molar-refractivity contribution in [1.29, 1.82) is 0 Å². The Morgan fingerprint density at radius 1 is 1.12 bits per heavy atom. The van der Waals surface area contributed by atoms with Gasteiger partial charge in [-0.3, -0.25) is 4.79 Å². The quantitative estimate of drug-likeness (QED) is 0.653.